The number of hydrogen-bond acceptors (Lipinski definition) is 3. The zero-order valence-corrected chi connectivity index (χ0v) is 11.0. The van der Waals surface area contributed by atoms with Gasteiger partial charge in [0.2, 0.25) is 0 Å². The Balaban J connectivity index is 2.40. The molecule has 0 aromatic carbocycles. The first-order chi connectivity index (χ1) is 8.24. The third-order valence-electron chi connectivity index (χ3n) is 3.68. The highest BCUT2D eigenvalue weighted by Gasteiger charge is 2.40. The standard InChI is InChI=1S/C14H19NO3/c1-13(2)6-9-8-18-5-4-10(9)11(13)7-14(3,15)12(16)17/h4-5,8H,6-7,15H2,1-3H3,(H,16,17)/t14-/m0/s1. The van der Waals surface area contributed by atoms with Crippen molar-refractivity contribution in [3.63, 3.8) is 0 Å². The lowest BCUT2D eigenvalue weighted by Gasteiger charge is -2.28. The summed E-state index contributed by atoms with van der Waals surface area (Å²) < 4.78 is 5.18. The van der Waals surface area contributed by atoms with E-state index in [1.807, 2.05) is 6.08 Å². The fourth-order valence-corrected chi connectivity index (χ4v) is 2.56. The number of fused-ring (bicyclic) bond motifs is 1. The number of rotatable bonds is 3. The molecule has 2 rings (SSSR count). The van der Waals surface area contributed by atoms with E-state index in [4.69, 9.17) is 15.6 Å². The largest absolute Gasteiger partial charge is 0.480 e. The van der Waals surface area contributed by atoms with Gasteiger partial charge in [-0.1, -0.05) is 19.4 Å². The Labute approximate surface area is 107 Å². The Morgan fingerprint density at radius 2 is 2.28 bits per heavy atom. The number of carboxylic acid groups (broad SMARTS) is 1. The van der Waals surface area contributed by atoms with E-state index < -0.39 is 11.5 Å². The van der Waals surface area contributed by atoms with Crippen molar-refractivity contribution < 1.29 is 14.6 Å². The Morgan fingerprint density at radius 1 is 1.61 bits per heavy atom. The Morgan fingerprint density at radius 3 is 2.89 bits per heavy atom. The molecule has 0 amide bonds. The highest BCUT2D eigenvalue weighted by atomic mass is 16.5. The average Bonchev–Trinajstić information content (AvgIpc) is 2.50. The van der Waals surface area contributed by atoms with Crippen LogP contribution in [0.15, 0.2) is 35.3 Å². The fraction of sp³-hybridized carbons (Fsp3) is 0.500. The maximum Gasteiger partial charge on any atom is 0.323 e. The lowest BCUT2D eigenvalue weighted by Crippen LogP contribution is -2.46. The first-order valence-corrected chi connectivity index (χ1v) is 6.01. The average molecular weight is 249 g/mol. The van der Waals surface area contributed by atoms with E-state index in [1.165, 1.54) is 0 Å². The van der Waals surface area contributed by atoms with Crippen LogP contribution >= 0.6 is 0 Å². The van der Waals surface area contributed by atoms with Crippen LogP contribution in [0.1, 0.15) is 33.6 Å². The van der Waals surface area contributed by atoms with E-state index in [1.54, 1.807) is 19.4 Å². The van der Waals surface area contributed by atoms with Crippen LogP contribution in [0, 0.1) is 5.41 Å². The van der Waals surface area contributed by atoms with Crippen molar-refractivity contribution in [2.45, 2.75) is 39.2 Å². The third kappa shape index (κ3) is 2.08. The lowest BCUT2D eigenvalue weighted by molar-refractivity contribution is -0.142. The Kier molecular flexibility index (Phi) is 2.86. The molecule has 1 aliphatic heterocycles. The minimum absolute atomic E-state index is 0.0741. The van der Waals surface area contributed by atoms with Crippen LogP contribution in [-0.2, 0) is 9.53 Å². The lowest BCUT2D eigenvalue weighted by atomic mass is 9.78. The van der Waals surface area contributed by atoms with E-state index in [0.717, 1.165) is 23.1 Å². The normalized spacial score (nSPS) is 24.1. The summed E-state index contributed by atoms with van der Waals surface area (Å²) in [6.07, 6.45) is 6.47. The van der Waals surface area contributed by atoms with E-state index in [-0.39, 0.29) is 5.41 Å². The van der Waals surface area contributed by atoms with Gasteiger partial charge < -0.3 is 15.6 Å². The van der Waals surface area contributed by atoms with Gasteiger partial charge in [-0.25, -0.2) is 0 Å². The van der Waals surface area contributed by atoms with Gasteiger partial charge in [-0.3, -0.25) is 4.79 Å². The molecule has 2 aliphatic rings. The van der Waals surface area contributed by atoms with Crippen molar-refractivity contribution in [2.24, 2.45) is 11.1 Å². The molecule has 4 nitrogen and oxygen atoms in total. The molecule has 1 atom stereocenters. The SMILES string of the molecule is CC1(C)CC2=COC=CC2=C1C[C@](C)(N)C(=O)O. The molecule has 0 aromatic rings. The first kappa shape index (κ1) is 12.9. The molecule has 0 radical (unpaired) electrons. The van der Waals surface area contributed by atoms with Crippen LogP contribution < -0.4 is 5.73 Å². The molecule has 0 aromatic heterocycles. The summed E-state index contributed by atoms with van der Waals surface area (Å²) in [7, 11) is 0. The molecule has 3 N–H and O–H groups in total. The second kappa shape index (κ2) is 3.99. The minimum atomic E-state index is -1.23. The molecule has 0 bridgehead atoms. The molecule has 0 spiro atoms. The predicted molar refractivity (Wildman–Crippen MR) is 68.6 cm³/mol. The molecular weight excluding hydrogens is 230 g/mol. The van der Waals surface area contributed by atoms with Gasteiger partial charge in [-0.2, -0.15) is 0 Å². The number of ether oxygens (including phenoxy) is 1. The Hall–Kier alpha value is -1.55. The topological polar surface area (TPSA) is 72.5 Å². The van der Waals surface area contributed by atoms with Gasteiger partial charge in [-0.15, -0.1) is 0 Å². The van der Waals surface area contributed by atoms with Gasteiger partial charge in [0.25, 0.3) is 0 Å². The van der Waals surface area contributed by atoms with Crippen LogP contribution in [0.2, 0.25) is 0 Å². The summed E-state index contributed by atoms with van der Waals surface area (Å²) >= 11 is 0. The molecule has 1 aliphatic carbocycles. The van der Waals surface area contributed by atoms with Crippen molar-refractivity contribution in [1.82, 2.24) is 0 Å². The van der Waals surface area contributed by atoms with Gasteiger partial charge >= 0.3 is 5.97 Å². The van der Waals surface area contributed by atoms with E-state index in [0.29, 0.717) is 6.42 Å². The van der Waals surface area contributed by atoms with Crippen molar-refractivity contribution in [2.75, 3.05) is 0 Å². The van der Waals surface area contributed by atoms with Crippen molar-refractivity contribution in [3.8, 4) is 0 Å². The van der Waals surface area contributed by atoms with Gasteiger partial charge in [0.15, 0.2) is 0 Å². The fourth-order valence-electron chi connectivity index (χ4n) is 2.56. The smallest absolute Gasteiger partial charge is 0.323 e. The molecule has 4 heteroatoms. The van der Waals surface area contributed by atoms with Crippen molar-refractivity contribution >= 4 is 5.97 Å². The van der Waals surface area contributed by atoms with Crippen molar-refractivity contribution in [1.29, 1.82) is 0 Å². The number of aliphatic carboxylic acids is 1. The zero-order valence-electron chi connectivity index (χ0n) is 11.0. The van der Waals surface area contributed by atoms with E-state index >= 15 is 0 Å². The molecular formula is C14H19NO3. The maximum absolute atomic E-state index is 11.2. The summed E-state index contributed by atoms with van der Waals surface area (Å²) in [4.78, 5) is 11.2. The molecule has 98 valence electrons. The summed E-state index contributed by atoms with van der Waals surface area (Å²) in [6.45, 7) is 5.78. The van der Waals surface area contributed by atoms with Gasteiger partial charge in [0.1, 0.15) is 5.54 Å². The summed E-state index contributed by atoms with van der Waals surface area (Å²) in [5.74, 6) is -0.972. The minimum Gasteiger partial charge on any atom is -0.480 e. The van der Waals surface area contributed by atoms with Crippen LogP contribution in [0.5, 0.6) is 0 Å². The zero-order chi connectivity index (χ0) is 13.6. The van der Waals surface area contributed by atoms with E-state index in [9.17, 15) is 4.79 Å². The number of carboxylic acids is 1. The molecule has 0 saturated carbocycles. The van der Waals surface area contributed by atoms with E-state index in [2.05, 4.69) is 13.8 Å². The summed E-state index contributed by atoms with van der Waals surface area (Å²) in [5, 5.41) is 9.16. The quantitative estimate of drug-likeness (QED) is 0.805. The highest BCUT2D eigenvalue weighted by Crippen LogP contribution is 2.49. The highest BCUT2D eigenvalue weighted by molar-refractivity contribution is 5.78. The van der Waals surface area contributed by atoms with Gasteiger partial charge in [0, 0.05) is 0 Å². The maximum atomic E-state index is 11.2. The molecule has 0 fully saturated rings. The molecule has 1 heterocycles. The predicted octanol–water partition coefficient (Wildman–Crippen LogP) is 2.33. The van der Waals surface area contributed by atoms with Crippen LogP contribution in [-0.4, -0.2) is 16.6 Å². The monoisotopic (exact) mass is 249 g/mol. The van der Waals surface area contributed by atoms with Crippen LogP contribution in [0.3, 0.4) is 0 Å². The number of hydrogen-bond donors (Lipinski definition) is 2. The van der Waals surface area contributed by atoms with Crippen LogP contribution in [0.4, 0.5) is 0 Å². The summed E-state index contributed by atoms with van der Waals surface area (Å²) in [6, 6.07) is 0. The second-order valence-electron chi connectivity index (χ2n) is 5.93. The summed E-state index contributed by atoms with van der Waals surface area (Å²) in [5.41, 5.74) is 7.87. The number of nitrogens with two attached hydrogens (primary N) is 1. The van der Waals surface area contributed by atoms with Crippen molar-refractivity contribution in [3.05, 3.63) is 35.3 Å². The second-order valence-corrected chi connectivity index (χ2v) is 5.93. The third-order valence-corrected chi connectivity index (χ3v) is 3.68. The first-order valence-electron chi connectivity index (χ1n) is 6.01. The van der Waals surface area contributed by atoms with Gasteiger partial charge in [-0.05, 0) is 42.4 Å². The number of carbonyl (C=O) groups is 1. The Bertz CT molecular complexity index is 481. The number of allylic oxidation sites excluding steroid dienone is 3. The van der Waals surface area contributed by atoms with Crippen LogP contribution in [0.25, 0.3) is 0 Å². The van der Waals surface area contributed by atoms with Gasteiger partial charge in [0.05, 0.1) is 12.5 Å². The molecule has 0 unspecified atom stereocenters. The molecule has 0 saturated heterocycles. The molecule has 18 heavy (non-hydrogen) atoms.